The summed E-state index contributed by atoms with van der Waals surface area (Å²) in [6.07, 6.45) is 0. The number of carbonyl (C=O) groups is 1. The van der Waals surface area contributed by atoms with Crippen LogP contribution in [0.1, 0.15) is 18.1 Å². The molecule has 0 aliphatic carbocycles. The van der Waals surface area contributed by atoms with Crippen LogP contribution in [0.15, 0.2) is 65.1 Å². The van der Waals surface area contributed by atoms with E-state index in [0.29, 0.717) is 35.4 Å². The van der Waals surface area contributed by atoms with Gasteiger partial charge in [0.1, 0.15) is 0 Å². The lowest BCUT2D eigenvalue weighted by molar-refractivity contribution is -0.118. The maximum absolute atomic E-state index is 12.3. The van der Waals surface area contributed by atoms with Gasteiger partial charge in [-0.2, -0.15) is 0 Å². The second-order valence-corrected chi connectivity index (χ2v) is 8.12. The van der Waals surface area contributed by atoms with Crippen LogP contribution in [-0.2, 0) is 11.3 Å². The summed E-state index contributed by atoms with van der Waals surface area (Å²) in [5, 5.41) is 6.75. The number of hydrogen-bond donors (Lipinski definition) is 2. The Morgan fingerprint density at radius 3 is 2.52 bits per heavy atom. The Kier molecular flexibility index (Phi) is 8.20. The number of halogens is 2. The second-order valence-electron chi connectivity index (χ2n) is 6.86. The molecular formula is C24H24BrClN2O3. The standard InChI is InChI=1S/C24H24BrClN2O3/c1-3-30-22-12-17(14-27-18-7-5-4-6-8-18)11-20(25)24(22)31-15-23(29)28-19-10-9-16(2)21(26)13-19/h4-13,27H,3,14-15H2,1-2H3,(H,28,29). The topological polar surface area (TPSA) is 59.6 Å². The Morgan fingerprint density at radius 2 is 1.81 bits per heavy atom. The van der Waals surface area contributed by atoms with Crippen molar-refractivity contribution in [2.75, 3.05) is 23.8 Å². The number of anilines is 2. The average Bonchev–Trinajstić information content (AvgIpc) is 2.75. The fourth-order valence-corrected chi connectivity index (χ4v) is 3.68. The minimum atomic E-state index is -0.288. The predicted molar refractivity (Wildman–Crippen MR) is 129 cm³/mol. The summed E-state index contributed by atoms with van der Waals surface area (Å²) in [4.78, 5) is 12.3. The van der Waals surface area contributed by atoms with Gasteiger partial charge in [-0.25, -0.2) is 0 Å². The molecule has 0 aliphatic heterocycles. The third kappa shape index (κ3) is 6.64. The van der Waals surface area contributed by atoms with E-state index in [1.807, 2.05) is 62.4 Å². The van der Waals surface area contributed by atoms with Crippen LogP contribution >= 0.6 is 27.5 Å². The van der Waals surface area contributed by atoms with Crippen molar-refractivity contribution in [3.63, 3.8) is 0 Å². The van der Waals surface area contributed by atoms with E-state index in [4.69, 9.17) is 21.1 Å². The molecule has 0 aliphatic rings. The van der Waals surface area contributed by atoms with E-state index in [1.54, 1.807) is 12.1 Å². The fraction of sp³-hybridized carbons (Fsp3) is 0.208. The average molecular weight is 504 g/mol. The van der Waals surface area contributed by atoms with E-state index in [2.05, 4.69) is 26.6 Å². The molecule has 3 aromatic rings. The third-order valence-corrected chi connectivity index (χ3v) is 5.44. The van der Waals surface area contributed by atoms with Gasteiger partial charge in [-0.05, 0) is 77.3 Å². The molecule has 0 unspecified atom stereocenters. The number of ether oxygens (including phenoxy) is 2. The highest BCUT2D eigenvalue weighted by atomic mass is 79.9. The molecule has 31 heavy (non-hydrogen) atoms. The lowest BCUT2D eigenvalue weighted by atomic mass is 10.2. The molecular weight excluding hydrogens is 480 g/mol. The zero-order valence-corrected chi connectivity index (χ0v) is 19.7. The Balaban J connectivity index is 1.66. The van der Waals surface area contributed by atoms with E-state index in [9.17, 15) is 4.79 Å². The number of nitrogens with one attached hydrogen (secondary N) is 2. The minimum Gasteiger partial charge on any atom is -0.490 e. The highest BCUT2D eigenvalue weighted by Gasteiger charge is 2.14. The highest BCUT2D eigenvalue weighted by Crippen LogP contribution is 2.37. The van der Waals surface area contributed by atoms with E-state index in [-0.39, 0.29) is 12.5 Å². The molecule has 0 aromatic heterocycles. The first-order chi connectivity index (χ1) is 15.0. The molecule has 1 amide bonds. The number of hydrogen-bond acceptors (Lipinski definition) is 4. The molecule has 0 saturated heterocycles. The van der Waals surface area contributed by atoms with Crippen molar-refractivity contribution in [2.24, 2.45) is 0 Å². The Bertz CT molecular complexity index is 1040. The molecule has 2 N–H and O–H groups in total. The summed E-state index contributed by atoms with van der Waals surface area (Å²) in [6.45, 7) is 4.75. The molecule has 0 atom stereocenters. The van der Waals surface area contributed by atoms with Crippen molar-refractivity contribution >= 4 is 44.8 Å². The van der Waals surface area contributed by atoms with Crippen LogP contribution in [0.3, 0.4) is 0 Å². The summed E-state index contributed by atoms with van der Waals surface area (Å²) in [5.41, 5.74) is 3.62. The Labute approximate surface area is 195 Å². The highest BCUT2D eigenvalue weighted by molar-refractivity contribution is 9.10. The first-order valence-electron chi connectivity index (χ1n) is 9.89. The Morgan fingerprint density at radius 1 is 1.03 bits per heavy atom. The summed E-state index contributed by atoms with van der Waals surface area (Å²) in [7, 11) is 0. The zero-order valence-electron chi connectivity index (χ0n) is 17.4. The van der Waals surface area contributed by atoms with Gasteiger partial charge in [0.2, 0.25) is 0 Å². The quantitative estimate of drug-likeness (QED) is 0.353. The number of benzene rings is 3. The zero-order chi connectivity index (χ0) is 22.2. The van der Waals surface area contributed by atoms with Crippen LogP contribution in [-0.4, -0.2) is 19.1 Å². The summed E-state index contributed by atoms with van der Waals surface area (Å²) >= 11 is 9.66. The largest absolute Gasteiger partial charge is 0.490 e. The van der Waals surface area contributed by atoms with Gasteiger partial charge in [-0.15, -0.1) is 0 Å². The number of aryl methyl sites for hydroxylation is 1. The van der Waals surface area contributed by atoms with Crippen LogP contribution in [0.4, 0.5) is 11.4 Å². The maximum atomic E-state index is 12.3. The molecule has 5 nitrogen and oxygen atoms in total. The van der Waals surface area contributed by atoms with Crippen LogP contribution in [0.25, 0.3) is 0 Å². The monoisotopic (exact) mass is 502 g/mol. The predicted octanol–water partition coefficient (Wildman–Crippen LogP) is 6.44. The van der Waals surface area contributed by atoms with E-state index in [0.717, 1.165) is 21.3 Å². The molecule has 3 aromatic carbocycles. The molecule has 3 rings (SSSR count). The van der Waals surface area contributed by atoms with Crippen molar-refractivity contribution in [1.29, 1.82) is 0 Å². The van der Waals surface area contributed by atoms with Crippen LogP contribution in [0, 0.1) is 6.92 Å². The minimum absolute atomic E-state index is 0.161. The molecule has 0 radical (unpaired) electrons. The maximum Gasteiger partial charge on any atom is 0.262 e. The van der Waals surface area contributed by atoms with Gasteiger partial charge in [-0.3, -0.25) is 4.79 Å². The van der Waals surface area contributed by atoms with Gasteiger partial charge in [-0.1, -0.05) is 35.9 Å². The number of carbonyl (C=O) groups excluding carboxylic acids is 1. The molecule has 0 fully saturated rings. The van der Waals surface area contributed by atoms with Crippen LogP contribution in [0.2, 0.25) is 5.02 Å². The lowest BCUT2D eigenvalue weighted by Gasteiger charge is -2.16. The van der Waals surface area contributed by atoms with Crippen LogP contribution in [0.5, 0.6) is 11.5 Å². The van der Waals surface area contributed by atoms with E-state index >= 15 is 0 Å². The third-order valence-electron chi connectivity index (χ3n) is 4.44. The molecule has 0 saturated carbocycles. The van der Waals surface area contributed by atoms with Crippen molar-refractivity contribution in [2.45, 2.75) is 20.4 Å². The van der Waals surface area contributed by atoms with E-state index < -0.39 is 0 Å². The Hall–Kier alpha value is -2.70. The summed E-state index contributed by atoms with van der Waals surface area (Å²) in [6, 6.07) is 19.2. The SMILES string of the molecule is CCOc1cc(CNc2ccccc2)cc(Br)c1OCC(=O)Nc1ccc(C)c(Cl)c1. The van der Waals surface area contributed by atoms with Gasteiger partial charge in [0.15, 0.2) is 18.1 Å². The van der Waals surface area contributed by atoms with Crippen molar-refractivity contribution in [3.8, 4) is 11.5 Å². The molecule has 162 valence electrons. The first kappa shape index (κ1) is 23.0. The van der Waals surface area contributed by atoms with Crippen molar-refractivity contribution < 1.29 is 14.3 Å². The number of para-hydroxylation sites is 1. The van der Waals surface area contributed by atoms with Gasteiger partial charge >= 0.3 is 0 Å². The van der Waals surface area contributed by atoms with Gasteiger partial charge in [0.05, 0.1) is 11.1 Å². The van der Waals surface area contributed by atoms with E-state index in [1.165, 1.54) is 0 Å². The number of rotatable bonds is 9. The normalized spacial score (nSPS) is 10.5. The number of amides is 1. The molecule has 7 heteroatoms. The smallest absolute Gasteiger partial charge is 0.262 e. The summed E-state index contributed by atoms with van der Waals surface area (Å²) < 4.78 is 12.3. The molecule has 0 heterocycles. The van der Waals surface area contributed by atoms with Crippen molar-refractivity contribution in [1.82, 2.24) is 0 Å². The molecule has 0 bridgehead atoms. The lowest BCUT2D eigenvalue weighted by Crippen LogP contribution is -2.20. The summed E-state index contributed by atoms with van der Waals surface area (Å²) in [5.74, 6) is 0.777. The second kappa shape index (κ2) is 11.1. The van der Waals surface area contributed by atoms with Gasteiger partial charge in [0, 0.05) is 22.9 Å². The fourth-order valence-electron chi connectivity index (χ4n) is 2.89. The van der Waals surface area contributed by atoms with Crippen molar-refractivity contribution in [3.05, 3.63) is 81.3 Å². The van der Waals surface area contributed by atoms with Gasteiger partial charge < -0.3 is 20.1 Å². The molecule has 0 spiro atoms. The van der Waals surface area contributed by atoms with Gasteiger partial charge in [0.25, 0.3) is 5.91 Å². The van der Waals surface area contributed by atoms with Crippen LogP contribution < -0.4 is 20.1 Å². The first-order valence-corrected chi connectivity index (χ1v) is 11.1.